The lowest BCUT2D eigenvalue weighted by molar-refractivity contribution is -0.124. The molecule has 5 aliphatic rings. The first-order valence-corrected chi connectivity index (χ1v) is 14.7. The minimum atomic E-state index is -0.614. The van der Waals surface area contributed by atoms with E-state index < -0.39 is 5.97 Å². The molecule has 6 unspecified atom stereocenters. The van der Waals surface area contributed by atoms with Crippen LogP contribution in [0.25, 0.3) is 22.2 Å². The van der Waals surface area contributed by atoms with Crippen molar-refractivity contribution in [1.29, 1.82) is 0 Å². The number of amides is 2. The highest BCUT2D eigenvalue weighted by molar-refractivity contribution is 6.22. The van der Waals surface area contributed by atoms with Gasteiger partial charge in [-0.2, -0.15) is 0 Å². The molecule has 2 heterocycles. The molecule has 1 aromatic heterocycles. The van der Waals surface area contributed by atoms with Crippen molar-refractivity contribution in [2.75, 3.05) is 11.5 Å². The third kappa shape index (κ3) is 4.06. The van der Waals surface area contributed by atoms with E-state index in [1.807, 2.05) is 43.3 Å². The number of Topliss-reactive ketones (excluding diaryl/α,β-unsaturated/α-hetero) is 1. The number of hydrogen-bond acceptors (Lipinski definition) is 6. The van der Waals surface area contributed by atoms with Crippen LogP contribution in [-0.4, -0.2) is 35.2 Å². The van der Waals surface area contributed by atoms with E-state index in [-0.39, 0.29) is 47.9 Å². The predicted octanol–water partition coefficient (Wildman–Crippen LogP) is 5.81. The van der Waals surface area contributed by atoms with Crippen LogP contribution in [0, 0.1) is 42.4 Å². The van der Waals surface area contributed by atoms with Crippen molar-refractivity contribution in [2.24, 2.45) is 35.5 Å². The van der Waals surface area contributed by atoms with E-state index >= 15 is 0 Å². The van der Waals surface area contributed by atoms with Crippen LogP contribution in [0.2, 0.25) is 0 Å². The number of anilines is 1. The van der Waals surface area contributed by atoms with E-state index in [4.69, 9.17) is 9.72 Å². The van der Waals surface area contributed by atoms with Gasteiger partial charge < -0.3 is 4.74 Å². The second kappa shape index (κ2) is 9.56. The normalized spacial score (nSPS) is 26.4. The van der Waals surface area contributed by atoms with Crippen molar-refractivity contribution in [3.8, 4) is 11.3 Å². The second-order valence-corrected chi connectivity index (χ2v) is 12.2. The standard InChI is InChI=1S/C36H28N2O5/c1-19-7-14-29-27(15-19)28(36(42)43-18-31(39)21-5-3-2-4-6-21)17-30(37-29)20-8-10-22(11-9-20)38-34(40)32-23-12-13-24(26-16-25(23)26)33(32)35(38)41/h2-15,17,23-26,32-33H,16,18H2,1H3. The van der Waals surface area contributed by atoms with Crippen LogP contribution in [0.15, 0.2) is 91.0 Å². The molecule has 0 radical (unpaired) electrons. The first-order chi connectivity index (χ1) is 20.9. The van der Waals surface area contributed by atoms with E-state index in [1.54, 1.807) is 42.5 Å². The number of pyridine rings is 1. The van der Waals surface area contributed by atoms with E-state index in [9.17, 15) is 19.2 Å². The van der Waals surface area contributed by atoms with Gasteiger partial charge in [0.25, 0.3) is 0 Å². The van der Waals surface area contributed by atoms with Crippen molar-refractivity contribution in [3.05, 3.63) is 108 Å². The second-order valence-electron chi connectivity index (χ2n) is 12.2. The van der Waals surface area contributed by atoms with E-state index in [1.165, 1.54) is 4.90 Å². The van der Waals surface area contributed by atoms with Gasteiger partial charge in [0.1, 0.15) is 0 Å². The fourth-order valence-electron chi connectivity index (χ4n) is 7.57. The van der Waals surface area contributed by atoms with Crippen LogP contribution in [0.3, 0.4) is 0 Å². The number of ether oxygens (including phenoxy) is 1. The van der Waals surface area contributed by atoms with Gasteiger partial charge in [0.2, 0.25) is 11.8 Å². The molecule has 212 valence electrons. The Morgan fingerprint density at radius 2 is 1.53 bits per heavy atom. The van der Waals surface area contributed by atoms with Gasteiger partial charge in [-0.1, -0.05) is 66.2 Å². The average Bonchev–Trinajstić information content (AvgIpc) is 3.82. The number of fused-ring (bicyclic) bond motifs is 1. The third-order valence-corrected chi connectivity index (χ3v) is 9.70. The summed E-state index contributed by atoms with van der Waals surface area (Å²) in [4.78, 5) is 59.1. The lowest BCUT2D eigenvalue weighted by Gasteiger charge is -2.37. The number of imide groups is 1. The number of rotatable bonds is 6. The minimum absolute atomic E-state index is 0.0956. The maximum Gasteiger partial charge on any atom is 0.339 e. The Morgan fingerprint density at radius 3 is 2.21 bits per heavy atom. The first kappa shape index (κ1) is 25.8. The summed E-state index contributed by atoms with van der Waals surface area (Å²) >= 11 is 0. The Kier molecular flexibility index (Phi) is 5.73. The zero-order valence-corrected chi connectivity index (χ0v) is 23.5. The number of esters is 1. The Balaban J connectivity index is 1.08. The number of carbonyl (C=O) groups excluding carboxylic acids is 4. The van der Waals surface area contributed by atoms with Gasteiger partial charge in [-0.05, 0) is 67.3 Å². The summed E-state index contributed by atoms with van der Waals surface area (Å²) in [6, 6.07) is 23.2. The predicted molar refractivity (Wildman–Crippen MR) is 160 cm³/mol. The average molecular weight is 569 g/mol. The van der Waals surface area contributed by atoms with Crippen molar-refractivity contribution in [1.82, 2.24) is 4.98 Å². The summed E-state index contributed by atoms with van der Waals surface area (Å²) in [6.07, 6.45) is 5.47. The fourth-order valence-corrected chi connectivity index (χ4v) is 7.57. The zero-order valence-electron chi connectivity index (χ0n) is 23.5. The SMILES string of the molecule is Cc1ccc2nc(-c3ccc(N4C(=O)C5C6C=CC(C7CC67)C5C4=O)cc3)cc(C(=O)OCC(=O)c3ccccc3)c2c1. The molecule has 7 nitrogen and oxygen atoms in total. The molecular formula is C36H28N2O5. The van der Waals surface area contributed by atoms with Gasteiger partial charge >= 0.3 is 5.97 Å². The summed E-state index contributed by atoms with van der Waals surface area (Å²) in [6.45, 7) is 1.56. The Morgan fingerprint density at radius 1 is 0.860 bits per heavy atom. The van der Waals surface area contributed by atoms with Crippen LogP contribution >= 0.6 is 0 Å². The van der Waals surface area contributed by atoms with Gasteiger partial charge in [-0.15, -0.1) is 0 Å². The van der Waals surface area contributed by atoms with Gasteiger partial charge in [-0.25, -0.2) is 9.78 Å². The summed E-state index contributed by atoms with van der Waals surface area (Å²) in [7, 11) is 0. The lowest BCUT2D eigenvalue weighted by Crippen LogP contribution is -2.40. The molecule has 2 bridgehead atoms. The molecule has 0 spiro atoms. The minimum Gasteiger partial charge on any atom is -0.454 e. The van der Waals surface area contributed by atoms with Crippen LogP contribution in [-0.2, 0) is 14.3 Å². The lowest BCUT2D eigenvalue weighted by atomic mass is 9.63. The number of benzene rings is 3. The molecule has 6 atom stereocenters. The monoisotopic (exact) mass is 568 g/mol. The molecule has 2 amide bonds. The molecule has 3 aromatic carbocycles. The molecule has 43 heavy (non-hydrogen) atoms. The summed E-state index contributed by atoms with van der Waals surface area (Å²) < 4.78 is 5.47. The van der Waals surface area contributed by atoms with Crippen molar-refractivity contribution in [2.45, 2.75) is 13.3 Å². The van der Waals surface area contributed by atoms with E-state index in [0.29, 0.717) is 45.2 Å². The number of carbonyl (C=O) groups is 4. The van der Waals surface area contributed by atoms with Gasteiger partial charge in [0.15, 0.2) is 12.4 Å². The molecule has 1 saturated heterocycles. The molecule has 2 saturated carbocycles. The Labute approximate surface area is 248 Å². The summed E-state index contributed by atoms with van der Waals surface area (Å²) in [5.41, 5.74) is 4.17. The number of aryl methyl sites for hydroxylation is 1. The van der Waals surface area contributed by atoms with Crippen molar-refractivity contribution in [3.63, 3.8) is 0 Å². The van der Waals surface area contributed by atoms with Gasteiger partial charge in [0.05, 0.1) is 34.3 Å². The number of ketones is 1. The maximum atomic E-state index is 13.5. The summed E-state index contributed by atoms with van der Waals surface area (Å²) in [5.74, 6) is -0.144. The molecule has 0 N–H and O–H groups in total. The quantitative estimate of drug-likeness (QED) is 0.126. The highest BCUT2D eigenvalue weighted by atomic mass is 16.5. The molecule has 1 aliphatic heterocycles. The molecule has 4 aromatic rings. The number of hydrogen-bond donors (Lipinski definition) is 0. The van der Waals surface area contributed by atoms with E-state index in [2.05, 4.69) is 12.2 Å². The number of allylic oxidation sites excluding steroid dienone is 2. The van der Waals surface area contributed by atoms with E-state index in [0.717, 1.165) is 17.5 Å². The third-order valence-electron chi connectivity index (χ3n) is 9.70. The topological polar surface area (TPSA) is 93.6 Å². The molecule has 4 aliphatic carbocycles. The largest absolute Gasteiger partial charge is 0.454 e. The summed E-state index contributed by atoms with van der Waals surface area (Å²) in [5, 5.41) is 0.634. The smallest absolute Gasteiger partial charge is 0.339 e. The van der Waals surface area contributed by atoms with Crippen LogP contribution < -0.4 is 4.90 Å². The molecular weight excluding hydrogens is 540 g/mol. The van der Waals surface area contributed by atoms with Crippen LogP contribution in [0.5, 0.6) is 0 Å². The zero-order chi connectivity index (χ0) is 29.4. The fraction of sp³-hybridized carbons (Fsp3) is 0.250. The molecule has 9 rings (SSSR count). The molecule has 7 heteroatoms. The van der Waals surface area contributed by atoms with Gasteiger partial charge in [0, 0.05) is 16.5 Å². The van der Waals surface area contributed by atoms with Crippen molar-refractivity contribution < 1.29 is 23.9 Å². The van der Waals surface area contributed by atoms with Crippen LogP contribution in [0.4, 0.5) is 5.69 Å². The maximum absolute atomic E-state index is 13.5. The Bertz CT molecular complexity index is 1840. The first-order valence-electron chi connectivity index (χ1n) is 14.7. The number of aromatic nitrogens is 1. The van der Waals surface area contributed by atoms with Crippen molar-refractivity contribution >= 4 is 40.2 Å². The highest BCUT2D eigenvalue weighted by Gasteiger charge is 2.67. The van der Waals surface area contributed by atoms with Crippen LogP contribution in [0.1, 0.15) is 32.7 Å². The molecule has 3 fully saturated rings. The number of nitrogens with zero attached hydrogens (tertiary/aromatic N) is 2. The highest BCUT2D eigenvalue weighted by Crippen LogP contribution is 2.65. The van der Waals surface area contributed by atoms with Gasteiger partial charge in [-0.3, -0.25) is 19.3 Å². The Hall–Kier alpha value is -4.91.